The Hall–Kier alpha value is -2.79. The highest BCUT2D eigenvalue weighted by atomic mass is 32.2. The molecule has 10 heteroatoms. The molecule has 4 rings (SSSR count). The molecule has 2 aliphatic rings. The van der Waals surface area contributed by atoms with Crippen LogP contribution in [0, 0.1) is 5.82 Å². The van der Waals surface area contributed by atoms with Crippen LogP contribution >= 0.6 is 0 Å². The van der Waals surface area contributed by atoms with Crippen molar-refractivity contribution < 1.29 is 22.8 Å². The lowest BCUT2D eigenvalue weighted by molar-refractivity contribution is -0.125. The van der Waals surface area contributed by atoms with E-state index < -0.39 is 15.9 Å². The summed E-state index contributed by atoms with van der Waals surface area (Å²) >= 11 is 0. The van der Waals surface area contributed by atoms with Crippen molar-refractivity contribution in [1.82, 2.24) is 14.7 Å². The second-order valence-corrected chi connectivity index (χ2v) is 9.89. The van der Waals surface area contributed by atoms with Gasteiger partial charge in [0.05, 0.1) is 10.6 Å². The summed E-state index contributed by atoms with van der Waals surface area (Å²) in [6.45, 7) is 3.24. The molecule has 2 aromatic carbocycles. The smallest absolute Gasteiger partial charge is 0.271 e. The maximum atomic E-state index is 14.8. The third-order valence-electron chi connectivity index (χ3n) is 5.90. The average Bonchev–Trinajstić information content (AvgIpc) is 3.31. The highest BCUT2D eigenvalue weighted by Gasteiger charge is 2.30. The van der Waals surface area contributed by atoms with Gasteiger partial charge in [0.15, 0.2) is 0 Å². The normalized spacial score (nSPS) is 18.0. The molecule has 0 atom stereocenters. The van der Waals surface area contributed by atoms with E-state index in [0.717, 1.165) is 30.5 Å². The van der Waals surface area contributed by atoms with Crippen LogP contribution in [0.1, 0.15) is 0 Å². The van der Waals surface area contributed by atoms with Crippen molar-refractivity contribution in [3.8, 4) is 11.1 Å². The van der Waals surface area contributed by atoms with E-state index in [1.54, 1.807) is 18.2 Å². The van der Waals surface area contributed by atoms with Crippen LogP contribution < -0.4 is 10.4 Å². The number of rotatable bonds is 5. The molecule has 2 aromatic rings. The first kappa shape index (κ1) is 22.4. The maximum Gasteiger partial charge on any atom is 0.271 e. The molecule has 8 nitrogen and oxygen atoms in total. The monoisotopic (exact) mass is 460 g/mol. The van der Waals surface area contributed by atoms with Gasteiger partial charge in [0.25, 0.3) is 5.91 Å². The fourth-order valence-electron chi connectivity index (χ4n) is 3.91. The second-order valence-electron chi connectivity index (χ2n) is 7.95. The molecule has 1 amide bonds. The van der Waals surface area contributed by atoms with E-state index in [1.165, 1.54) is 29.8 Å². The molecule has 0 spiro atoms. The zero-order valence-corrected chi connectivity index (χ0v) is 18.5. The molecule has 32 heavy (non-hydrogen) atoms. The summed E-state index contributed by atoms with van der Waals surface area (Å²) in [4.78, 5) is 15.8. The number of hydrogen-bond donors (Lipinski definition) is 2. The van der Waals surface area contributed by atoms with Crippen molar-refractivity contribution >= 4 is 21.6 Å². The highest BCUT2D eigenvalue weighted by molar-refractivity contribution is 7.89. The Bertz CT molecular complexity index is 1140. The first-order valence-corrected chi connectivity index (χ1v) is 11.7. The first-order chi connectivity index (χ1) is 15.3. The third kappa shape index (κ3) is 4.40. The van der Waals surface area contributed by atoms with Gasteiger partial charge in [-0.25, -0.2) is 18.3 Å². The van der Waals surface area contributed by atoms with Gasteiger partial charge in [-0.1, -0.05) is 24.3 Å². The van der Waals surface area contributed by atoms with Crippen LogP contribution in [-0.2, 0) is 14.8 Å². The largest absolute Gasteiger partial charge is 0.367 e. The zero-order chi connectivity index (χ0) is 22.9. The summed E-state index contributed by atoms with van der Waals surface area (Å²) in [5.74, 6) is -1.03. The minimum Gasteiger partial charge on any atom is -0.367 e. The molecule has 2 heterocycles. The van der Waals surface area contributed by atoms with E-state index in [4.69, 9.17) is 5.21 Å². The number of carbonyl (C=O) groups is 1. The van der Waals surface area contributed by atoms with Crippen molar-refractivity contribution in [2.24, 2.45) is 0 Å². The summed E-state index contributed by atoms with van der Waals surface area (Å²) in [6.07, 6.45) is 1.46. The van der Waals surface area contributed by atoms with Crippen LogP contribution in [0.5, 0.6) is 0 Å². The number of likely N-dealkylation sites (N-methyl/N-ethyl adjacent to an activating group) is 1. The van der Waals surface area contributed by atoms with Gasteiger partial charge in [-0.15, -0.1) is 0 Å². The first-order valence-electron chi connectivity index (χ1n) is 10.3. The number of halogens is 1. The summed E-state index contributed by atoms with van der Waals surface area (Å²) in [7, 11) is -1.76. The Morgan fingerprint density at radius 1 is 1.03 bits per heavy atom. The van der Waals surface area contributed by atoms with Crippen LogP contribution in [0.3, 0.4) is 0 Å². The number of benzene rings is 2. The number of amides is 1. The number of sulfonamides is 1. The maximum absolute atomic E-state index is 14.8. The lowest BCUT2D eigenvalue weighted by Crippen LogP contribution is -2.44. The van der Waals surface area contributed by atoms with Crippen molar-refractivity contribution in [3.05, 3.63) is 59.9 Å². The summed E-state index contributed by atoms with van der Waals surface area (Å²) in [6, 6.07) is 11.3. The Balaban J connectivity index is 1.49. The Morgan fingerprint density at radius 3 is 2.31 bits per heavy atom. The highest BCUT2D eigenvalue weighted by Crippen LogP contribution is 2.29. The quantitative estimate of drug-likeness (QED) is 0.521. The standard InChI is InChI=1S/C22H25FN4O4S/c1-25-10-12-26(13-11-25)21-7-4-17(14-20(21)23)16-2-5-19(6-3-16)32(30,31)27-9-8-18(15-27)22(28)24-29/h2-8,14,29H,9-13,15H2,1H3,(H,24,28). The number of anilines is 1. The Labute approximate surface area is 186 Å². The van der Waals surface area contributed by atoms with Crippen LogP contribution in [-0.4, -0.2) is 75.1 Å². The molecule has 1 fully saturated rings. The summed E-state index contributed by atoms with van der Waals surface area (Å²) in [5, 5.41) is 8.72. The van der Waals surface area contributed by atoms with Gasteiger partial charge in [0, 0.05) is 44.8 Å². The predicted molar refractivity (Wildman–Crippen MR) is 118 cm³/mol. The fourth-order valence-corrected chi connectivity index (χ4v) is 5.27. The van der Waals surface area contributed by atoms with Crippen molar-refractivity contribution in [2.45, 2.75) is 4.90 Å². The Morgan fingerprint density at radius 2 is 1.69 bits per heavy atom. The number of piperazine rings is 1. The molecule has 2 N–H and O–H groups in total. The molecule has 0 aromatic heterocycles. The van der Waals surface area contributed by atoms with E-state index in [2.05, 4.69) is 4.90 Å². The number of hydrogen-bond acceptors (Lipinski definition) is 6. The van der Waals surface area contributed by atoms with E-state index in [1.807, 2.05) is 18.0 Å². The summed E-state index contributed by atoms with van der Waals surface area (Å²) in [5.41, 5.74) is 3.63. The third-order valence-corrected chi connectivity index (χ3v) is 7.72. The molecular formula is C22H25FN4O4S. The van der Waals surface area contributed by atoms with Crippen LogP contribution in [0.15, 0.2) is 59.0 Å². The minimum absolute atomic E-state index is 0.0474. The topological polar surface area (TPSA) is 93.2 Å². The number of carbonyl (C=O) groups excluding carboxylic acids is 1. The molecule has 0 unspecified atom stereocenters. The molecular weight excluding hydrogens is 435 g/mol. The van der Waals surface area contributed by atoms with Gasteiger partial charge in [-0.3, -0.25) is 10.0 Å². The zero-order valence-electron chi connectivity index (χ0n) is 17.7. The molecule has 0 saturated carbocycles. The van der Waals surface area contributed by atoms with Gasteiger partial charge in [-0.05, 0) is 42.4 Å². The number of hydroxylamine groups is 1. The van der Waals surface area contributed by atoms with Crippen LogP contribution in [0.2, 0.25) is 0 Å². The van der Waals surface area contributed by atoms with Crippen molar-refractivity contribution in [1.29, 1.82) is 0 Å². The molecule has 1 saturated heterocycles. The van der Waals surface area contributed by atoms with Gasteiger partial charge < -0.3 is 9.80 Å². The average molecular weight is 461 g/mol. The number of nitrogens with one attached hydrogen (secondary N) is 1. The number of nitrogens with zero attached hydrogens (tertiary/aromatic N) is 3. The minimum atomic E-state index is -3.81. The van der Waals surface area contributed by atoms with Crippen LogP contribution in [0.25, 0.3) is 11.1 Å². The fraction of sp³-hybridized carbons (Fsp3) is 0.318. The van der Waals surface area contributed by atoms with Gasteiger partial charge in [0.1, 0.15) is 5.82 Å². The van der Waals surface area contributed by atoms with E-state index in [0.29, 0.717) is 16.8 Å². The van der Waals surface area contributed by atoms with Gasteiger partial charge >= 0.3 is 0 Å². The molecule has 0 bridgehead atoms. The van der Waals surface area contributed by atoms with Gasteiger partial charge in [-0.2, -0.15) is 4.31 Å². The SMILES string of the molecule is CN1CCN(c2ccc(-c3ccc(S(=O)(=O)N4CC=C(C(=O)NO)C4)cc3)cc2F)CC1. The van der Waals surface area contributed by atoms with Gasteiger partial charge in [0.2, 0.25) is 10.0 Å². The lowest BCUT2D eigenvalue weighted by Gasteiger charge is -2.34. The molecule has 2 aliphatic heterocycles. The summed E-state index contributed by atoms with van der Waals surface area (Å²) < 4.78 is 41.7. The van der Waals surface area contributed by atoms with Crippen molar-refractivity contribution in [3.63, 3.8) is 0 Å². The molecule has 170 valence electrons. The Kier molecular flexibility index (Phi) is 6.29. The molecule has 0 radical (unpaired) electrons. The predicted octanol–water partition coefficient (Wildman–Crippen LogP) is 1.68. The van der Waals surface area contributed by atoms with Crippen molar-refractivity contribution in [2.75, 3.05) is 51.2 Å². The molecule has 0 aliphatic carbocycles. The van der Waals surface area contributed by atoms with Crippen LogP contribution in [0.4, 0.5) is 10.1 Å². The second kappa shape index (κ2) is 8.99. The van der Waals surface area contributed by atoms with E-state index in [-0.39, 0.29) is 29.4 Å². The lowest BCUT2D eigenvalue weighted by atomic mass is 10.0. The van der Waals surface area contributed by atoms with E-state index in [9.17, 15) is 17.6 Å². The van der Waals surface area contributed by atoms with E-state index >= 15 is 0 Å².